The monoisotopic (exact) mass is 256 g/mol. The molecule has 0 aromatic rings. The lowest BCUT2D eigenvalue weighted by Crippen LogP contribution is -2.43. The molecule has 18 heavy (non-hydrogen) atoms. The molecular weight excluding hydrogens is 228 g/mol. The Kier molecular flexibility index (Phi) is 6.65. The highest BCUT2D eigenvalue weighted by Gasteiger charge is 2.26. The molecular formula is C14H28N2O2. The summed E-state index contributed by atoms with van der Waals surface area (Å²) in [6.45, 7) is 9.46. The smallest absolute Gasteiger partial charge is 0.234 e. The quantitative estimate of drug-likeness (QED) is 0.729. The third-order valence-electron chi connectivity index (χ3n) is 3.67. The van der Waals surface area contributed by atoms with E-state index in [0.29, 0.717) is 6.54 Å². The van der Waals surface area contributed by atoms with E-state index in [4.69, 9.17) is 4.74 Å². The molecule has 1 atom stereocenters. The van der Waals surface area contributed by atoms with Crippen molar-refractivity contribution in [1.82, 2.24) is 10.6 Å². The lowest BCUT2D eigenvalue weighted by Gasteiger charge is -2.33. The van der Waals surface area contributed by atoms with Crippen LogP contribution in [-0.2, 0) is 9.53 Å². The van der Waals surface area contributed by atoms with Gasteiger partial charge in [0.05, 0.1) is 6.54 Å². The molecule has 106 valence electrons. The first-order valence-electron chi connectivity index (χ1n) is 7.13. The van der Waals surface area contributed by atoms with Crippen molar-refractivity contribution in [2.45, 2.75) is 52.5 Å². The Hall–Kier alpha value is -0.610. The average Bonchev–Trinajstić information content (AvgIpc) is 2.29. The molecule has 0 radical (unpaired) electrons. The van der Waals surface area contributed by atoms with Crippen LogP contribution in [-0.4, -0.2) is 38.3 Å². The van der Waals surface area contributed by atoms with Crippen molar-refractivity contribution in [3.05, 3.63) is 0 Å². The highest BCUT2D eigenvalue weighted by molar-refractivity contribution is 5.78. The molecule has 0 aromatic carbocycles. The van der Waals surface area contributed by atoms with Gasteiger partial charge < -0.3 is 15.4 Å². The van der Waals surface area contributed by atoms with Gasteiger partial charge in [-0.15, -0.1) is 0 Å². The summed E-state index contributed by atoms with van der Waals surface area (Å²) in [5.74, 6) is 0.103. The second-order valence-electron chi connectivity index (χ2n) is 5.78. The fraction of sp³-hybridized carbons (Fsp3) is 0.929. The minimum absolute atomic E-state index is 0.103. The van der Waals surface area contributed by atoms with E-state index in [1.807, 2.05) is 0 Å². The molecule has 1 aliphatic rings. The van der Waals surface area contributed by atoms with E-state index in [9.17, 15) is 4.79 Å². The van der Waals surface area contributed by atoms with Gasteiger partial charge in [-0.1, -0.05) is 20.3 Å². The summed E-state index contributed by atoms with van der Waals surface area (Å²) in [6, 6.07) is 0.281. The maximum atomic E-state index is 11.7. The minimum atomic E-state index is 0.103. The molecule has 1 saturated heterocycles. The number of hydrogen-bond donors (Lipinski definition) is 2. The molecule has 0 aromatic heterocycles. The fourth-order valence-corrected chi connectivity index (χ4v) is 2.35. The van der Waals surface area contributed by atoms with Crippen LogP contribution in [0.5, 0.6) is 0 Å². The molecule has 1 fully saturated rings. The summed E-state index contributed by atoms with van der Waals surface area (Å²) < 4.78 is 5.36. The van der Waals surface area contributed by atoms with Gasteiger partial charge in [-0.05, 0) is 31.6 Å². The first-order chi connectivity index (χ1) is 8.56. The third-order valence-corrected chi connectivity index (χ3v) is 3.67. The van der Waals surface area contributed by atoms with Gasteiger partial charge in [0.2, 0.25) is 5.91 Å². The van der Waals surface area contributed by atoms with Crippen LogP contribution in [0, 0.1) is 5.41 Å². The number of carbonyl (C=O) groups excluding carboxylic acids is 1. The van der Waals surface area contributed by atoms with Crippen LogP contribution in [0.2, 0.25) is 0 Å². The van der Waals surface area contributed by atoms with Gasteiger partial charge in [0.1, 0.15) is 0 Å². The zero-order chi connectivity index (χ0) is 13.4. The summed E-state index contributed by atoms with van der Waals surface area (Å²) in [5, 5.41) is 6.28. The Morgan fingerprint density at radius 1 is 1.39 bits per heavy atom. The highest BCUT2D eigenvalue weighted by Crippen LogP contribution is 2.28. The number of ether oxygens (including phenoxy) is 1. The van der Waals surface area contributed by atoms with E-state index >= 15 is 0 Å². The normalized spacial score (nSPS) is 20.4. The van der Waals surface area contributed by atoms with Crippen LogP contribution >= 0.6 is 0 Å². The van der Waals surface area contributed by atoms with Crippen molar-refractivity contribution in [1.29, 1.82) is 0 Å². The zero-order valence-electron chi connectivity index (χ0n) is 12.1. The SMILES string of the molecule is CCCC(C)NC(=O)CNCC1(C)CCOCC1. The van der Waals surface area contributed by atoms with Gasteiger partial charge >= 0.3 is 0 Å². The summed E-state index contributed by atoms with van der Waals surface area (Å²) in [5.41, 5.74) is 0.285. The number of rotatable bonds is 7. The van der Waals surface area contributed by atoms with E-state index in [-0.39, 0.29) is 17.4 Å². The summed E-state index contributed by atoms with van der Waals surface area (Å²) in [4.78, 5) is 11.7. The molecule has 1 heterocycles. The van der Waals surface area contributed by atoms with Crippen LogP contribution in [0.15, 0.2) is 0 Å². The van der Waals surface area contributed by atoms with Crippen LogP contribution < -0.4 is 10.6 Å². The topological polar surface area (TPSA) is 50.4 Å². The van der Waals surface area contributed by atoms with Gasteiger partial charge in [0.25, 0.3) is 0 Å². The molecule has 0 bridgehead atoms. The highest BCUT2D eigenvalue weighted by atomic mass is 16.5. The van der Waals surface area contributed by atoms with Gasteiger partial charge in [0, 0.05) is 25.8 Å². The Morgan fingerprint density at radius 2 is 2.06 bits per heavy atom. The van der Waals surface area contributed by atoms with Gasteiger partial charge in [-0.25, -0.2) is 0 Å². The van der Waals surface area contributed by atoms with Crippen molar-refractivity contribution in [3.8, 4) is 0 Å². The van der Waals surface area contributed by atoms with E-state index in [0.717, 1.165) is 45.4 Å². The van der Waals surface area contributed by atoms with Crippen molar-refractivity contribution in [2.75, 3.05) is 26.3 Å². The Balaban J connectivity index is 2.14. The molecule has 1 amide bonds. The summed E-state index contributed by atoms with van der Waals surface area (Å²) in [6.07, 6.45) is 4.30. The molecule has 0 aliphatic carbocycles. The van der Waals surface area contributed by atoms with E-state index in [1.165, 1.54) is 0 Å². The van der Waals surface area contributed by atoms with Crippen LogP contribution in [0.25, 0.3) is 0 Å². The lowest BCUT2D eigenvalue weighted by atomic mass is 9.82. The van der Waals surface area contributed by atoms with Crippen LogP contribution in [0.1, 0.15) is 46.5 Å². The van der Waals surface area contributed by atoms with E-state index < -0.39 is 0 Å². The maximum Gasteiger partial charge on any atom is 0.234 e. The minimum Gasteiger partial charge on any atom is -0.381 e. The Bertz CT molecular complexity index is 250. The largest absolute Gasteiger partial charge is 0.381 e. The first-order valence-corrected chi connectivity index (χ1v) is 7.13. The molecule has 0 saturated carbocycles. The Morgan fingerprint density at radius 3 is 2.67 bits per heavy atom. The molecule has 4 heteroatoms. The third kappa shape index (κ3) is 5.83. The number of hydrogen-bond acceptors (Lipinski definition) is 3. The molecule has 4 nitrogen and oxygen atoms in total. The Labute approximate surface area is 111 Å². The number of amides is 1. The van der Waals surface area contributed by atoms with Crippen molar-refractivity contribution in [2.24, 2.45) is 5.41 Å². The van der Waals surface area contributed by atoms with Crippen LogP contribution in [0.4, 0.5) is 0 Å². The lowest BCUT2D eigenvalue weighted by molar-refractivity contribution is -0.121. The maximum absolute atomic E-state index is 11.7. The van der Waals surface area contributed by atoms with E-state index in [2.05, 4.69) is 31.4 Å². The standard InChI is InChI=1S/C14H28N2O2/c1-4-5-12(2)16-13(17)10-15-11-14(3)6-8-18-9-7-14/h12,15H,4-11H2,1-3H3,(H,16,17). The van der Waals surface area contributed by atoms with Crippen LogP contribution in [0.3, 0.4) is 0 Å². The molecule has 1 aliphatic heterocycles. The summed E-state index contributed by atoms with van der Waals surface area (Å²) in [7, 11) is 0. The molecule has 1 rings (SSSR count). The van der Waals surface area contributed by atoms with Crippen molar-refractivity contribution >= 4 is 5.91 Å². The number of carbonyl (C=O) groups is 1. The van der Waals surface area contributed by atoms with Crippen molar-refractivity contribution < 1.29 is 9.53 Å². The van der Waals surface area contributed by atoms with Gasteiger partial charge in [0.15, 0.2) is 0 Å². The molecule has 0 spiro atoms. The average molecular weight is 256 g/mol. The van der Waals surface area contributed by atoms with Crippen molar-refractivity contribution in [3.63, 3.8) is 0 Å². The fourth-order valence-electron chi connectivity index (χ4n) is 2.35. The zero-order valence-corrected chi connectivity index (χ0v) is 12.1. The summed E-state index contributed by atoms with van der Waals surface area (Å²) >= 11 is 0. The predicted octanol–water partition coefficient (Wildman–Crippen LogP) is 1.70. The second-order valence-corrected chi connectivity index (χ2v) is 5.78. The molecule has 2 N–H and O–H groups in total. The predicted molar refractivity (Wildman–Crippen MR) is 73.5 cm³/mol. The number of nitrogens with one attached hydrogen (secondary N) is 2. The first kappa shape index (κ1) is 15.4. The van der Waals surface area contributed by atoms with Gasteiger partial charge in [-0.2, -0.15) is 0 Å². The molecule has 1 unspecified atom stereocenters. The van der Waals surface area contributed by atoms with E-state index in [1.54, 1.807) is 0 Å². The van der Waals surface area contributed by atoms with Gasteiger partial charge in [-0.3, -0.25) is 4.79 Å². The second kappa shape index (κ2) is 7.74.